The monoisotopic (exact) mass is 440 g/mol. The number of fused-ring (bicyclic) bond motifs is 1. The van der Waals surface area contributed by atoms with Crippen molar-refractivity contribution in [3.63, 3.8) is 0 Å². The van der Waals surface area contributed by atoms with Crippen LogP contribution in [-0.2, 0) is 0 Å². The van der Waals surface area contributed by atoms with E-state index < -0.39 is 0 Å². The Morgan fingerprint density at radius 1 is 1.03 bits per heavy atom. The second kappa shape index (κ2) is 9.12. The van der Waals surface area contributed by atoms with Crippen LogP contribution in [-0.4, -0.2) is 30.0 Å². The van der Waals surface area contributed by atoms with E-state index in [-0.39, 0.29) is 23.9 Å². The summed E-state index contributed by atoms with van der Waals surface area (Å²) in [7, 11) is 0. The van der Waals surface area contributed by atoms with Crippen LogP contribution in [0.1, 0.15) is 47.2 Å². The minimum atomic E-state index is -0.257. The fraction of sp³-hybridized carbons (Fsp3) is 0.250. The largest absolute Gasteiger partial charge is 0.491 e. The molecule has 2 N–H and O–H groups in total. The van der Waals surface area contributed by atoms with Crippen molar-refractivity contribution in [1.29, 1.82) is 0 Å². The first-order chi connectivity index (χ1) is 16.1. The second-order valence-corrected chi connectivity index (χ2v) is 8.73. The molecule has 1 saturated heterocycles. The van der Waals surface area contributed by atoms with Gasteiger partial charge in [-0.3, -0.25) is 4.79 Å². The van der Waals surface area contributed by atoms with Crippen LogP contribution in [0.2, 0.25) is 0 Å². The molecule has 5 heteroatoms. The van der Waals surface area contributed by atoms with Gasteiger partial charge < -0.3 is 19.8 Å². The van der Waals surface area contributed by atoms with Crippen LogP contribution in [0.15, 0.2) is 89.3 Å². The molecule has 0 bridgehead atoms. The van der Waals surface area contributed by atoms with Crippen molar-refractivity contribution in [2.45, 2.75) is 31.3 Å². The van der Waals surface area contributed by atoms with Crippen molar-refractivity contribution in [2.24, 2.45) is 5.73 Å². The van der Waals surface area contributed by atoms with Crippen LogP contribution >= 0.6 is 0 Å². The van der Waals surface area contributed by atoms with Gasteiger partial charge in [-0.05, 0) is 42.5 Å². The van der Waals surface area contributed by atoms with Crippen molar-refractivity contribution >= 4 is 16.7 Å². The quantitative estimate of drug-likeness (QED) is 0.428. The van der Waals surface area contributed by atoms with Crippen LogP contribution in [0.5, 0.6) is 5.75 Å². The summed E-state index contributed by atoms with van der Waals surface area (Å²) in [5, 5.41) is 2.21. The van der Waals surface area contributed by atoms with E-state index in [1.165, 1.54) is 5.56 Å². The van der Waals surface area contributed by atoms with Gasteiger partial charge in [-0.15, -0.1) is 0 Å². The average molecular weight is 441 g/mol. The number of furan rings is 1. The van der Waals surface area contributed by atoms with Gasteiger partial charge >= 0.3 is 0 Å². The summed E-state index contributed by atoms with van der Waals surface area (Å²) in [6.07, 6.45) is 0.835. The lowest BCUT2D eigenvalue weighted by atomic mass is 9.97. The average Bonchev–Trinajstić information content (AvgIpc) is 3.51. The van der Waals surface area contributed by atoms with Crippen LogP contribution in [0.25, 0.3) is 10.8 Å². The zero-order chi connectivity index (χ0) is 22.8. The molecule has 1 aliphatic heterocycles. The minimum Gasteiger partial charge on any atom is -0.491 e. The molecular weight excluding hydrogens is 412 g/mol. The second-order valence-electron chi connectivity index (χ2n) is 8.73. The molecule has 3 atom stereocenters. The summed E-state index contributed by atoms with van der Waals surface area (Å²) in [4.78, 5) is 15.3. The van der Waals surface area contributed by atoms with Gasteiger partial charge in [0.15, 0.2) is 5.76 Å². The number of likely N-dealkylation sites (tertiary alicyclic amines) is 1. The summed E-state index contributed by atoms with van der Waals surface area (Å²) in [6.45, 7) is 2.89. The fourth-order valence-corrected chi connectivity index (χ4v) is 4.65. The summed E-state index contributed by atoms with van der Waals surface area (Å²) >= 11 is 0. The van der Waals surface area contributed by atoms with Gasteiger partial charge in [0.05, 0.1) is 12.1 Å². The minimum absolute atomic E-state index is 0.0643. The van der Waals surface area contributed by atoms with E-state index in [0.29, 0.717) is 24.7 Å². The van der Waals surface area contributed by atoms with Crippen molar-refractivity contribution in [3.8, 4) is 5.75 Å². The van der Waals surface area contributed by atoms with Crippen molar-refractivity contribution < 1.29 is 13.9 Å². The molecule has 4 aromatic rings. The van der Waals surface area contributed by atoms with Crippen molar-refractivity contribution in [1.82, 2.24) is 4.90 Å². The number of rotatable bonds is 6. The normalized spacial score (nSPS) is 19.0. The third kappa shape index (κ3) is 4.37. The standard InChI is InChI=1S/C28H28N2O3/c1-19(29)25-14-15-27(33-25)28(31)30-17-22(20-8-3-2-4-9-20)16-23(30)18-32-26-13-7-11-21-10-5-6-12-24(21)26/h2-15,19,22-23H,16-18,29H2,1H3. The van der Waals surface area contributed by atoms with Crippen molar-refractivity contribution in [3.05, 3.63) is 102 Å². The smallest absolute Gasteiger partial charge is 0.289 e. The number of hydrogen-bond acceptors (Lipinski definition) is 4. The predicted octanol–water partition coefficient (Wildman–Crippen LogP) is 5.53. The van der Waals surface area contributed by atoms with Crippen LogP contribution in [0.4, 0.5) is 0 Å². The Labute approximate surface area is 193 Å². The van der Waals surface area contributed by atoms with Gasteiger partial charge in [-0.2, -0.15) is 0 Å². The highest BCUT2D eigenvalue weighted by molar-refractivity contribution is 5.92. The maximum absolute atomic E-state index is 13.4. The first-order valence-electron chi connectivity index (χ1n) is 11.4. The number of carbonyl (C=O) groups excluding carboxylic acids is 1. The topological polar surface area (TPSA) is 68.7 Å². The number of hydrogen-bond donors (Lipinski definition) is 1. The maximum Gasteiger partial charge on any atom is 0.289 e. The Kier molecular flexibility index (Phi) is 5.88. The van der Waals surface area contributed by atoms with Gasteiger partial charge in [0, 0.05) is 17.8 Å². The molecule has 0 saturated carbocycles. The zero-order valence-electron chi connectivity index (χ0n) is 18.7. The predicted molar refractivity (Wildman–Crippen MR) is 129 cm³/mol. The van der Waals surface area contributed by atoms with E-state index in [9.17, 15) is 4.79 Å². The molecule has 33 heavy (non-hydrogen) atoms. The molecule has 0 spiro atoms. The fourth-order valence-electron chi connectivity index (χ4n) is 4.65. The van der Waals surface area contributed by atoms with Gasteiger partial charge in [0.2, 0.25) is 0 Å². The SMILES string of the molecule is CC(N)c1ccc(C(=O)N2CC(c3ccccc3)CC2COc2cccc3ccccc23)o1. The highest BCUT2D eigenvalue weighted by Gasteiger charge is 2.38. The highest BCUT2D eigenvalue weighted by atomic mass is 16.5. The van der Waals surface area contributed by atoms with Crippen LogP contribution in [0.3, 0.4) is 0 Å². The van der Waals surface area contributed by atoms with Gasteiger partial charge in [-0.25, -0.2) is 0 Å². The van der Waals surface area contributed by atoms with Gasteiger partial charge in [-0.1, -0.05) is 66.7 Å². The lowest BCUT2D eigenvalue weighted by Gasteiger charge is -2.24. The molecule has 5 rings (SSSR count). The van der Waals surface area contributed by atoms with Gasteiger partial charge in [0.1, 0.15) is 18.1 Å². The van der Waals surface area contributed by atoms with E-state index in [1.807, 2.05) is 54.3 Å². The molecule has 0 radical (unpaired) electrons. The molecule has 5 nitrogen and oxygen atoms in total. The molecule has 3 unspecified atom stereocenters. The summed E-state index contributed by atoms with van der Waals surface area (Å²) in [5.41, 5.74) is 7.16. The molecule has 1 amide bonds. The Morgan fingerprint density at radius 2 is 1.79 bits per heavy atom. The van der Waals surface area contributed by atoms with E-state index in [4.69, 9.17) is 14.9 Å². The number of ether oxygens (including phenoxy) is 1. The summed E-state index contributed by atoms with van der Waals surface area (Å²) in [6, 6.07) is 27.8. The Morgan fingerprint density at radius 3 is 2.58 bits per heavy atom. The molecule has 1 fully saturated rings. The lowest BCUT2D eigenvalue weighted by Crippen LogP contribution is -2.39. The molecule has 3 aromatic carbocycles. The molecular formula is C28H28N2O3. The number of carbonyl (C=O) groups is 1. The number of benzene rings is 3. The molecule has 1 aromatic heterocycles. The highest BCUT2D eigenvalue weighted by Crippen LogP contribution is 2.34. The summed E-state index contributed by atoms with van der Waals surface area (Å²) < 4.78 is 12.1. The van der Waals surface area contributed by atoms with E-state index in [0.717, 1.165) is 22.9 Å². The Balaban J connectivity index is 1.40. The number of nitrogens with zero attached hydrogens (tertiary/aromatic N) is 1. The molecule has 2 heterocycles. The molecule has 0 aliphatic carbocycles. The third-order valence-electron chi connectivity index (χ3n) is 6.41. The summed E-state index contributed by atoms with van der Waals surface area (Å²) in [5.74, 6) is 1.90. The first kappa shape index (κ1) is 21.3. The van der Waals surface area contributed by atoms with Crippen LogP contribution in [0, 0.1) is 0 Å². The van der Waals surface area contributed by atoms with E-state index in [2.05, 4.69) is 30.3 Å². The molecule has 168 valence electrons. The Hall–Kier alpha value is -3.57. The van der Waals surface area contributed by atoms with Crippen LogP contribution < -0.4 is 10.5 Å². The third-order valence-corrected chi connectivity index (χ3v) is 6.41. The first-order valence-corrected chi connectivity index (χ1v) is 11.4. The maximum atomic E-state index is 13.4. The lowest BCUT2D eigenvalue weighted by molar-refractivity contribution is 0.0657. The van der Waals surface area contributed by atoms with E-state index in [1.54, 1.807) is 12.1 Å². The van der Waals surface area contributed by atoms with Gasteiger partial charge in [0.25, 0.3) is 5.91 Å². The Bertz CT molecular complexity index is 1240. The van der Waals surface area contributed by atoms with Crippen molar-refractivity contribution in [2.75, 3.05) is 13.2 Å². The zero-order valence-corrected chi connectivity index (χ0v) is 18.7. The number of amides is 1. The number of nitrogens with two attached hydrogens (primary N) is 1. The van der Waals surface area contributed by atoms with E-state index >= 15 is 0 Å². The molecule has 1 aliphatic rings.